The molecule has 1 aromatic carbocycles. The molecule has 0 heterocycles. The van der Waals surface area contributed by atoms with Crippen LogP contribution in [0.4, 0.5) is 14.9 Å². The lowest BCUT2D eigenvalue weighted by atomic mass is 10.1. The number of nitrogens with zero attached hydrogens (tertiary/aromatic N) is 1. The van der Waals surface area contributed by atoms with Gasteiger partial charge in [-0.2, -0.15) is 4.39 Å². The first-order valence-corrected chi connectivity index (χ1v) is 6.65. The largest absolute Gasteiger partial charge is 0.480 e. The molecule has 0 fully saturated rings. The molecule has 0 aliphatic rings. The number of rotatable bonds is 5. The molecule has 8 nitrogen and oxygen atoms in total. The number of benzene rings is 1. The van der Waals surface area contributed by atoms with Crippen molar-refractivity contribution in [3.05, 3.63) is 39.7 Å². The van der Waals surface area contributed by atoms with Gasteiger partial charge in [-0.3, -0.25) is 10.1 Å². The summed E-state index contributed by atoms with van der Waals surface area (Å²) in [4.78, 5) is 32.6. The second-order valence-electron chi connectivity index (χ2n) is 5.78. The minimum Gasteiger partial charge on any atom is -0.480 e. The quantitative estimate of drug-likeness (QED) is 0.632. The Bertz CT molecular complexity index is 626. The van der Waals surface area contributed by atoms with Crippen molar-refractivity contribution in [3.8, 4) is 0 Å². The summed E-state index contributed by atoms with van der Waals surface area (Å²) in [6.45, 7) is 4.85. The van der Waals surface area contributed by atoms with E-state index in [-0.39, 0.29) is 12.0 Å². The summed E-state index contributed by atoms with van der Waals surface area (Å²) in [5, 5.41) is 22.0. The number of carbonyl (C=O) groups is 2. The molecule has 2 N–H and O–H groups in total. The SMILES string of the molecule is CC(C)(C)OC(=O)N[C@H](Cc1ccc(F)c([N+](=O)[O-])c1)C(=O)O. The van der Waals surface area contributed by atoms with Crippen molar-refractivity contribution in [3.63, 3.8) is 0 Å². The van der Waals surface area contributed by atoms with E-state index in [2.05, 4.69) is 5.32 Å². The third-order valence-electron chi connectivity index (χ3n) is 2.64. The second-order valence-corrected chi connectivity index (χ2v) is 5.78. The first kappa shape index (κ1) is 18.3. The minimum atomic E-state index is -1.37. The Balaban J connectivity index is 2.89. The van der Waals surface area contributed by atoms with E-state index >= 15 is 0 Å². The molecule has 1 aromatic rings. The van der Waals surface area contributed by atoms with E-state index in [1.807, 2.05) is 0 Å². The number of alkyl carbamates (subject to hydrolysis) is 1. The highest BCUT2D eigenvalue weighted by atomic mass is 19.1. The molecule has 1 rings (SSSR count). The van der Waals surface area contributed by atoms with Crippen LogP contribution in [0.5, 0.6) is 0 Å². The lowest BCUT2D eigenvalue weighted by Crippen LogP contribution is -2.44. The summed E-state index contributed by atoms with van der Waals surface area (Å²) < 4.78 is 18.2. The number of hydrogen-bond acceptors (Lipinski definition) is 5. The first-order valence-electron chi connectivity index (χ1n) is 6.65. The van der Waals surface area contributed by atoms with Gasteiger partial charge in [-0.05, 0) is 32.4 Å². The number of aliphatic carboxylic acids is 1. The molecule has 0 aliphatic carbocycles. The fourth-order valence-electron chi connectivity index (χ4n) is 1.71. The summed E-state index contributed by atoms with van der Waals surface area (Å²) in [6, 6.07) is 1.66. The molecule has 0 saturated heterocycles. The van der Waals surface area contributed by atoms with Gasteiger partial charge in [-0.15, -0.1) is 0 Å². The number of amides is 1. The van der Waals surface area contributed by atoms with E-state index in [0.717, 1.165) is 12.1 Å². The van der Waals surface area contributed by atoms with Gasteiger partial charge in [0.05, 0.1) is 4.92 Å². The summed E-state index contributed by atoms with van der Waals surface area (Å²) in [6.07, 6.45) is -1.18. The van der Waals surface area contributed by atoms with E-state index in [9.17, 15) is 24.1 Å². The fraction of sp³-hybridized carbons (Fsp3) is 0.429. The van der Waals surface area contributed by atoms with Crippen molar-refractivity contribution in [2.75, 3.05) is 0 Å². The van der Waals surface area contributed by atoms with Crippen molar-refractivity contribution < 1.29 is 28.7 Å². The zero-order valence-corrected chi connectivity index (χ0v) is 12.8. The molecule has 0 saturated carbocycles. The predicted octanol–water partition coefficient (Wildman–Crippen LogP) is 2.25. The maximum absolute atomic E-state index is 13.3. The molecule has 126 valence electrons. The van der Waals surface area contributed by atoms with Crippen molar-refractivity contribution in [1.82, 2.24) is 5.32 Å². The normalized spacial score (nSPS) is 12.3. The second kappa shape index (κ2) is 7.03. The Morgan fingerprint density at radius 1 is 1.43 bits per heavy atom. The number of hydrogen-bond donors (Lipinski definition) is 2. The molecular weight excluding hydrogens is 311 g/mol. The predicted molar refractivity (Wildman–Crippen MR) is 77.6 cm³/mol. The third kappa shape index (κ3) is 5.89. The van der Waals surface area contributed by atoms with Crippen LogP contribution in [0.1, 0.15) is 26.3 Å². The fourth-order valence-corrected chi connectivity index (χ4v) is 1.71. The number of carboxylic acids is 1. The maximum atomic E-state index is 13.3. The number of ether oxygens (including phenoxy) is 1. The number of nitro groups is 1. The van der Waals surface area contributed by atoms with Crippen LogP contribution in [0.2, 0.25) is 0 Å². The van der Waals surface area contributed by atoms with Crippen molar-refractivity contribution >= 4 is 17.7 Å². The molecule has 1 atom stereocenters. The summed E-state index contributed by atoms with van der Waals surface area (Å²) in [5.41, 5.74) is -1.37. The molecule has 0 spiro atoms. The smallest absolute Gasteiger partial charge is 0.408 e. The highest BCUT2D eigenvalue weighted by molar-refractivity contribution is 5.80. The molecule has 9 heteroatoms. The number of nitrogens with one attached hydrogen (secondary N) is 1. The molecule has 0 radical (unpaired) electrons. The summed E-state index contributed by atoms with van der Waals surface area (Å²) in [7, 11) is 0. The van der Waals surface area contributed by atoms with Crippen LogP contribution < -0.4 is 5.32 Å². The van der Waals surface area contributed by atoms with Gasteiger partial charge in [0.25, 0.3) is 0 Å². The Kier molecular flexibility index (Phi) is 5.61. The van der Waals surface area contributed by atoms with Crippen LogP contribution in [0, 0.1) is 15.9 Å². The van der Waals surface area contributed by atoms with Crippen LogP contribution in [0.15, 0.2) is 18.2 Å². The van der Waals surface area contributed by atoms with E-state index in [1.165, 1.54) is 6.07 Å². The van der Waals surface area contributed by atoms with Gasteiger partial charge in [0.1, 0.15) is 11.6 Å². The van der Waals surface area contributed by atoms with E-state index < -0.39 is 40.1 Å². The average molecular weight is 328 g/mol. The number of nitro benzene ring substituents is 1. The van der Waals surface area contributed by atoms with Crippen LogP contribution in [-0.4, -0.2) is 33.7 Å². The molecule has 0 unspecified atom stereocenters. The highest BCUT2D eigenvalue weighted by Crippen LogP contribution is 2.19. The van der Waals surface area contributed by atoms with Crippen molar-refractivity contribution in [1.29, 1.82) is 0 Å². The van der Waals surface area contributed by atoms with Gasteiger partial charge in [0, 0.05) is 12.5 Å². The Hall–Kier alpha value is -2.71. The molecule has 0 aromatic heterocycles. The first-order chi connectivity index (χ1) is 10.5. The highest BCUT2D eigenvalue weighted by Gasteiger charge is 2.25. The van der Waals surface area contributed by atoms with E-state index in [4.69, 9.17) is 9.84 Å². The number of carbonyl (C=O) groups excluding carboxylic acids is 1. The zero-order chi connectivity index (χ0) is 17.8. The maximum Gasteiger partial charge on any atom is 0.408 e. The average Bonchev–Trinajstić information content (AvgIpc) is 2.37. The topological polar surface area (TPSA) is 119 Å². The Labute approximate surface area is 131 Å². The number of carboxylic acid groups (broad SMARTS) is 1. The standard InChI is InChI=1S/C14H17FN2O6/c1-14(2,3)23-13(20)16-10(12(18)19)6-8-4-5-9(15)11(7-8)17(21)22/h4-5,7,10H,6H2,1-3H3,(H,16,20)(H,18,19)/t10-/m1/s1. The summed E-state index contributed by atoms with van der Waals surface area (Å²) >= 11 is 0. The molecule has 0 bridgehead atoms. The van der Waals surface area contributed by atoms with Gasteiger partial charge in [-0.25, -0.2) is 9.59 Å². The Morgan fingerprint density at radius 2 is 2.04 bits per heavy atom. The van der Waals surface area contributed by atoms with Crippen LogP contribution in [-0.2, 0) is 16.0 Å². The molecule has 0 aliphatic heterocycles. The Morgan fingerprint density at radius 3 is 2.52 bits per heavy atom. The van der Waals surface area contributed by atoms with Crippen LogP contribution in [0.25, 0.3) is 0 Å². The van der Waals surface area contributed by atoms with Gasteiger partial charge in [0.15, 0.2) is 0 Å². The van der Waals surface area contributed by atoms with Gasteiger partial charge in [0.2, 0.25) is 5.82 Å². The summed E-state index contributed by atoms with van der Waals surface area (Å²) in [5.74, 6) is -2.37. The van der Waals surface area contributed by atoms with Crippen molar-refractivity contribution in [2.45, 2.75) is 38.8 Å². The van der Waals surface area contributed by atoms with Crippen molar-refractivity contribution in [2.24, 2.45) is 0 Å². The molecule has 1 amide bonds. The molecular formula is C14H17FN2O6. The number of halogens is 1. The van der Waals surface area contributed by atoms with Gasteiger partial charge >= 0.3 is 17.7 Å². The minimum absolute atomic E-state index is 0.196. The van der Waals surface area contributed by atoms with Crippen LogP contribution >= 0.6 is 0 Å². The van der Waals surface area contributed by atoms with Gasteiger partial charge < -0.3 is 15.2 Å². The van der Waals surface area contributed by atoms with Gasteiger partial charge in [-0.1, -0.05) is 6.07 Å². The molecule has 23 heavy (non-hydrogen) atoms. The zero-order valence-electron chi connectivity index (χ0n) is 12.8. The monoisotopic (exact) mass is 328 g/mol. The van der Waals surface area contributed by atoms with Crippen LogP contribution in [0.3, 0.4) is 0 Å². The lowest BCUT2D eigenvalue weighted by molar-refractivity contribution is -0.387. The lowest BCUT2D eigenvalue weighted by Gasteiger charge is -2.22. The van der Waals surface area contributed by atoms with E-state index in [0.29, 0.717) is 0 Å². The van der Waals surface area contributed by atoms with E-state index in [1.54, 1.807) is 20.8 Å². The third-order valence-corrected chi connectivity index (χ3v) is 2.64.